The molecule has 126 valence electrons. The van der Waals surface area contributed by atoms with Crippen LogP contribution in [0.25, 0.3) is 0 Å². The lowest BCUT2D eigenvalue weighted by molar-refractivity contribution is -0.120. The average molecular weight is 348 g/mol. The number of benzene rings is 2. The van der Waals surface area contributed by atoms with Gasteiger partial charge in [-0.05, 0) is 31.2 Å². The highest BCUT2D eigenvalue weighted by atomic mass is 35.5. The number of hydrogen-bond acceptors (Lipinski definition) is 4. The van der Waals surface area contributed by atoms with Gasteiger partial charge in [-0.2, -0.15) is 0 Å². The molecule has 1 aliphatic heterocycles. The van der Waals surface area contributed by atoms with E-state index in [9.17, 15) is 4.79 Å². The Morgan fingerprint density at radius 2 is 2.08 bits per heavy atom. The van der Waals surface area contributed by atoms with Crippen molar-refractivity contribution in [1.29, 1.82) is 0 Å². The third-order valence-electron chi connectivity index (χ3n) is 3.78. The number of fused-ring (bicyclic) bond motifs is 1. The van der Waals surface area contributed by atoms with Crippen molar-refractivity contribution in [2.75, 3.05) is 25.2 Å². The van der Waals surface area contributed by atoms with Crippen LogP contribution in [0.2, 0.25) is 5.02 Å². The molecule has 0 saturated carbocycles. The van der Waals surface area contributed by atoms with Crippen molar-refractivity contribution in [3.63, 3.8) is 0 Å². The van der Waals surface area contributed by atoms with Crippen molar-refractivity contribution in [1.82, 2.24) is 0 Å². The van der Waals surface area contributed by atoms with Crippen molar-refractivity contribution in [3.8, 4) is 17.2 Å². The maximum absolute atomic E-state index is 12.5. The van der Waals surface area contributed by atoms with Gasteiger partial charge >= 0.3 is 0 Å². The Kier molecular flexibility index (Phi) is 4.81. The number of anilines is 1. The average Bonchev–Trinajstić information content (AvgIpc) is 2.75. The van der Waals surface area contributed by atoms with Crippen LogP contribution in [0.15, 0.2) is 36.4 Å². The molecule has 0 fully saturated rings. The highest BCUT2D eigenvalue weighted by molar-refractivity contribution is 6.32. The number of hydrogen-bond donors (Lipinski definition) is 0. The van der Waals surface area contributed by atoms with Gasteiger partial charge in [0.2, 0.25) is 0 Å². The minimum absolute atomic E-state index is 0.0548. The third kappa shape index (κ3) is 3.12. The first-order valence-corrected chi connectivity index (χ1v) is 8.03. The molecule has 2 aromatic carbocycles. The standard InChI is InChI=1S/C18H18ClNO4/c1-3-23-16-6-4-5-12-10-20(17(21)11-24-18(12)16)13-7-8-15(22-2)14(19)9-13/h4-9H,3,10-11H2,1-2H3. The number of carbonyl (C=O) groups excluding carboxylic acids is 1. The lowest BCUT2D eigenvalue weighted by atomic mass is 10.1. The Labute approximate surface area is 145 Å². The molecule has 0 bridgehead atoms. The molecule has 0 saturated heterocycles. The van der Waals surface area contributed by atoms with E-state index < -0.39 is 0 Å². The van der Waals surface area contributed by atoms with E-state index in [1.54, 1.807) is 30.2 Å². The van der Waals surface area contributed by atoms with Crippen LogP contribution in [0.1, 0.15) is 12.5 Å². The second-order valence-corrected chi connectivity index (χ2v) is 5.67. The molecule has 0 atom stereocenters. The molecular formula is C18H18ClNO4. The number of carbonyl (C=O) groups is 1. The summed E-state index contributed by atoms with van der Waals surface area (Å²) in [4.78, 5) is 14.1. The molecule has 1 amide bonds. The van der Waals surface area contributed by atoms with Gasteiger partial charge in [-0.1, -0.05) is 23.7 Å². The molecule has 0 N–H and O–H groups in total. The fourth-order valence-corrected chi connectivity index (χ4v) is 2.90. The quantitative estimate of drug-likeness (QED) is 0.846. The molecule has 0 spiro atoms. The van der Waals surface area contributed by atoms with Crippen molar-refractivity contribution >= 4 is 23.2 Å². The summed E-state index contributed by atoms with van der Waals surface area (Å²) in [6.07, 6.45) is 0. The number of amides is 1. The van der Waals surface area contributed by atoms with E-state index in [2.05, 4.69) is 0 Å². The minimum Gasteiger partial charge on any atom is -0.495 e. The van der Waals surface area contributed by atoms with Crippen LogP contribution in [0.4, 0.5) is 5.69 Å². The van der Waals surface area contributed by atoms with E-state index in [-0.39, 0.29) is 12.5 Å². The normalized spacial score (nSPS) is 13.8. The Morgan fingerprint density at radius 3 is 2.79 bits per heavy atom. The first kappa shape index (κ1) is 16.5. The van der Waals surface area contributed by atoms with E-state index in [0.29, 0.717) is 41.1 Å². The number of para-hydroxylation sites is 1. The van der Waals surface area contributed by atoms with Crippen LogP contribution in [-0.4, -0.2) is 26.2 Å². The highest BCUT2D eigenvalue weighted by Crippen LogP contribution is 2.36. The Balaban J connectivity index is 1.97. The molecular weight excluding hydrogens is 330 g/mol. The summed E-state index contributed by atoms with van der Waals surface area (Å²) in [5.74, 6) is 1.69. The van der Waals surface area contributed by atoms with Crippen molar-refractivity contribution < 1.29 is 19.0 Å². The lowest BCUT2D eigenvalue weighted by Gasteiger charge is -2.21. The van der Waals surface area contributed by atoms with Crippen molar-refractivity contribution in [3.05, 3.63) is 47.0 Å². The number of ether oxygens (including phenoxy) is 3. The van der Waals surface area contributed by atoms with Gasteiger partial charge in [-0.3, -0.25) is 4.79 Å². The SMILES string of the molecule is CCOc1cccc2c1OCC(=O)N(c1ccc(OC)c(Cl)c1)C2. The van der Waals surface area contributed by atoms with Crippen LogP contribution >= 0.6 is 11.6 Å². The van der Waals surface area contributed by atoms with Crippen LogP contribution in [-0.2, 0) is 11.3 Å². The summed E-state index contributed by atoms with van der Waals surface area (Å²) in [6, 6.07) is 10.9. The zero-order valence-electron chi connectivity index (χ0n) is 13.5. The Hall–Kier alpha value is -2.40. The summed E-state index contributed by atoms with van der Waals surface area (Å²) >= 11 is 6.19. The molecule has 24 heavy (non-hydrogen) atoms. The minimum atomic E-state index is -0.144. The van der Waals surface area contributed by atoms with Gasteiger partial charge in [-0.15, -0.1) is 0 Å². The zero-order valence-corrected chi connectivity index (χ0v) is 14.3. The van der Waals surface area contributed by atoms with Gasteiger partial charge in [0.25, 0.3) is 5.91 Å². The summed E-state index contributed by atoms with van der Waals surface area (Å²) in [6.45, 7) is 2.77. The molecule has 0 radical (unpaired) electrons. The summed E-state index contributed by atoms with van der Waals surface area (Å²) in [5, 5.41) is 0.455. The van der Waals surface area contributed by atoms with Gasteiger partial charge in [-0.25, -0.2) is 0 Å². The Bertz CT molecular complexity index is 763. The van der Waals surface area contributed by atoms with E-state index in [1.807, 2.05) is 25.1 Å². The van der Waals surface area contributed by atoms with Crippen LogP contribution < -0.4 is 19.1 Å². The zero-order chi connectivity index (χ0) is 17.1. The second kappa shape index (κ2) is 7.01. The summed E-state index contributed by atoms with van der Waals surface area (Å²) in [5.41, 5.74) is 1.59. The van der Waals surface area contributed by atoms with Crippen LogP contribution in [0.3, 0.4) is 0 Å². The summed E-state index contributed by atoms with van der Waals surface area (Å²) in [7, 11) is 1.55. The van der Waals surface area contributed by atoms with E-state index >= 15 is 0 Å². The van der Waals surface area contributed by atoms with E-state index in [0.717, 1.165) is 5.56 Å². The summed E-state index contributed by atoms with van der Waals surface area (Å²) < 4.78 is 16.5. The molecule has 0 aromatic heterocycles. The predicted octanol–water partition coefficient (Wildman–Crippen LogP) is 3.67. The molecule has 3 rings (SSSR count). The molecule has 6 heteroatoms. The molecule has 1 aliphatic rings. The largest absolute Gasteiger partial charge is 0.495 e. The van der Waals surface area contributed by atoms with Gasteiger partial charge < -0.3 is 19.1 Å². The third-order valence-corrected chi connectivity index (χ3v) is 4.07. The van der Waals surface area contributed by atoms with E-state index in [4.69, 9.17) is 25.8 Å². The van der Waals surface area contributed by atoms with Gasteiger partial charge in [0.05, 0.1) is 25.3 Å². The van der Waals surface area contributed by atoms with Gasteiger partial charge in [0.1, 0.15) is 5.75 Å². The van der Waals surface area contributed by atoms with Crippen molar-refractivity contribution in [2.24, 2.45) is 0 Å². The molecule has 0 unspecified atom stereocenters. The first-order valence-electron chi connectivity index (χ1n) is 7.65. The molecule has 1 heterocycles. The molecule has 0 aliphatic carbocycles. The number of halogens is 1. The fourth-order valence-electron chi connectivity index (χ4n) is 2.65. The molecule has 2 aromatic rings. The first-order chi connectivity index (χ1) is 11.6. The monoisotopic (exact) mass is 347 g/mol. The topological polar surface area (TPSA) is 48.0 Å². The van der Waals surface area contributed by atoms with Crippen molar-refractivity contribution in [2.45, 2.75) is 13.5 Å². The number of methoxy groups -OCH3 is 1. The Morgan fingerprint density at radius 1 is 1.25 bits per heavy atom. The smallest absolute Gasteiger partial charge is 0.265 e. The maximum Gasteiger partial charge on any atom is 0.265 e. The number of nitrogens with zero attached hydrogens (tertiary/aromatic N) is 1. The van der Waals surface area contributed by atoms with Gasteiger partial charge in [0, 0.05) is 11.3 Å². The fraction of sp³-hybridized carbons (Fsp3) is 0.278. The molecule has 5 nitrogen and oxygen atoms in total. The van der Waals surface area contributed by atoms with E-state index in [1.165, 1.54) is 0 Å². The van der Waals surface area contributed by atoms with Crippen LogP contribution in [0.5, 0.6) is 17.2 Å². The van der Waals surface area contributed by atoms with Gasteiger partial charge in [0.15, 0.2) is 18.1 Å². The predicted molar refractivity (Wildman–Crippen MR) is 92.3 cm³/mol. The van der Waals surface area contributed by atoms with Crippen LogP contribution in [0, 0.1) is 0 Å². The lowest BCUT2D eigenvalue weighted by Crippen LogP contribution is -2.32. The highest BCUT2D eigenvalue weighted by Gasteiger charge is 2.25. The second-order valence-electron chi connectivity index (χ2n) is 5.26. The number of rotatable bonds is 4. The maximum atomic E-state index is 12.5.